The molecule has 6 atom stereocenters. The monoisotopic (exact) mass is 406 g/mol. The van der Waals surface area contributed by atoms with Gasteiger partial charge in [-0.15, -0.1) is 0 Å². The normalized spacial score (nSPS) is 38.6. The van der Waals surface area contributed by atoms with Gasteiger partial charge in [-0.25, -0.2) is 9.78 Å². The number of likely N-dealkylation sites (tertiary alicyclic amines) is 1. The van der Waals surface area contributed by atoms with Crippen molar-refractivity contribution in [2.24, 2.45) is 17.8 Å². The number of pyridine rings is 1. The molecule has 28 heavy (non-hydrogen) atoms. The number of anilines is 2. The standard InChI is InChI=1S/C20H27ClN4O3/c21-14-5-16(22)18(23-9-14)24-15-1-2-25(10-15)19(26)28-17-12-3-11-4-13(17)8-20(27,6-11)7-12/h5,9,11-13,15,17,27H,1-4,6-8,10,22H2,(H,23,24)/t11?,12-,13?,15+,17?,20?/m0/s1. The van der Waals surface area contributed by atoms with Crippen molar-refractivity contribution in [1.82, 2.24) is 9.88 Å². The smallest absolute Gasteiger partial charge is 0.410 e. The first kappa shape index (κ1) is 18.3. The first-order valence-corrected chi connectivity index (χ1v) is 10.6. The SMILES string of the molecule is Nc1cc(Cl)cnc1N[C@@H]1CCN(C(=O)OC2C3CC4C[C@H]2CC(O)(C4)C3)C1. The number of carbonyl (C=O) groups excluding carboxylic acids is 1. The first-order chi connectivity index (χ1) is 13.4. The molecule has 5 aliphatic rings. The van der Waals surface area contributed by atoms with Gasteiger partial charge in [0.2, 0.25) is 0 Å². The number of hydrogen-bond acceptors (Lipinski definition) is 6. The van der Waals surface area contributed by atoms with Gasteiger partial charge in [-0.1, -0.05) is 11.6 Å². The van der Waals surface area contributed by atoms with Crippen molar-refractivity contribution in [2.45, 2.75) is 56.3 Å². The zero-order valence-corrected chi connectivity index (χ0v) is 16.6. The number of hydrogen-bond donors (Lipinski definition) is 3. The predicted octanol–water partition coefficient (Wildman–Crippen LogP) is 2.88. The van der Waals surface area contributed by atoms with Gasteiger partial charge in [-0.2, -0.15) is 0 Å². The zero-order chi connectivity index (χ0) is 19.5. The van der Waals surface area contributed by atoms with Crippen molar-refractivity contribution in [1.29, 1.82) is 0 Å². The van der Waals surface area contributed by atoms with E-state index in [9.17, 15) is 9.90 Å². The Balaban J connectivity index is 1.18. The number of aliphatic hydroxyl groups is 1. The van der Waals surface area contributed by atoms with Crippen molar-refractivity contribution in [3.8, 4) is 0 Å². The molecular formula is C20H27ClN4O3. The minimum absolute atomic E-state index is 0.0371. The molecule has 1 amide bonds. The van der Waals surface area contributed by atoms with Gasteiger partial charge in [-0.05, 0) is 62.3 Å². The third-order valence-corrected chi connectivity index (χ3v) is 7.27. The summed E-state index contributed by atoms with van der Waals surface area (Å²) >= 11 is 5.90. The highest BCUT2D eigenvalue weighted by atomic mass is 35.5. The van der Waals surface area contributed by atoms with Crippen LogP contribution in [0.25, 0.3) is 0 Å². The molecular weight excluding hydrogens is 380 g/mol. The zero-order valence-electron chi connectivity index (χ0n) is 15.8. The minimum atomic E-state index is -0.506. The van der Waals surface area contributed by atoms with E-state index in [0.717, 1.165) is 38.5 Å². The Hall–Kier alpha value is -1.73. The summed E-state index contributed by atoms with van der Waals surface area (Å²) in [7, 11) is 0. The van der Waals surface area contributed by atoms with Gasteiger partial charge in [0.05, 0.1) is 16.3 Å². The number of nitrogens with one attached hydrogen (secondary N) is 1. The maximum absolute atomic E-state index is 12.8. The van der Waals surface area contributed by atoms with E-state index in [0.29, 0.717) is 47.4 Å². The van der Waals surface area contributed by atoms with E-state index >= 15 is 0 Å². The lowest BCUT2D eigenvalue weighted by molar-refractivity contribution is -0.177. The van der Waals surface area contributed by atoms with E-state index in [2.05, 4.69) is 10.3 Å². The molecule has 4 bridgehead atoms. The van der Waals surface area contributed by atoms with E-state index < -0.39 is 5.60 Å². The van der Waals surface area contributed by atoms with E-state index in [1.807, 2.05) is 0 Å². The fourth-order valence-corrected chi connectivity index (χ4v) is 6.30. The topological polar surface area (TPSA) is 101 Å². The predicted molar refractivity (Wildman–Crippen MR) is 106 cm³/mol. The molecule has 2 heterocycles. The molecule has 1 saturated heterocycles. The van der Waals surface area contributed by atoms with Crippen LogP contribution >= 0.6 is 11.6 Å². The Kier molecular flexibility index (Phi) is 4.36. The molecule has 152 valence electrons. The molecule has 4 saturated carbocycles. The summed E-state index contributed by atoms with van der Waals surface area (Å²) in [5, 5.41) is 14.5. The van der Waals surface area contributed by atoms with Crippen LogP contribution in [-0.4, -0.2) is 51.9 Å². The fraction of sp³-hybridized carbons (Fsp3) is 0.700. The number of ether oxygens (including phenoxy) is 1. The molecule has 4 aliphatic carbocycles. The van der Waals surface area contributed by atoms with E-state index in [1.165, 1.54) is 0 Å². The molecule has 0 spiro atoms. The highest BCUT2D eigenvalue weighted by molar-refractivity contribution is 6.30. The largest absolute Gasteiger partial charge is 0.446 e. The van der Waals surface area contributed by atoms with Crippen molar-refractivity contribution < 1.29 is 14.6 Å². The highest BCUT2D eigenvalue weighted by Crippen LogP contribution is 2.56. The third-order valence-electron chi connectivity index (χ3n) is 7.06. The lowest BCUT2D eigenvalue weighted by Gasteiger charge is -2.57. The van der Waals surface area contributed by atoms with Crippen molar-refractivity contribution in [3.63, 3.8) is 0 Å². The summed E-state index contributed by atoms with van der Waals surface area (Å²) in [5.41, 5.74) is 5.95. The van der Waals surface area contributed by atoms with Gasteiger partial charge in [0.25, 0.3) is 0 Å². The molecule has 8 heteroatoms. The molecule has 1 aliphatic heterocycles. The molecule has 4 unspecified atom stereocenters. The summed E-state index contributed by atoms with van der Waals surface area (Å²) in [6.45, 7) is 1.22. The number of amides is 1. The third kappa shape index (κ3) is 3.28. The molecule has 1 aromatic rings. The van der Waals surface area contributed by atoms with Crippen LogP contribution in [0.2, 0.25) is 5.02 Å². The molecule has 0 radical (unpaired) electrons. The quantitative estimate of drug-likeness (QED) is 0.713. The van der Waals surface area contributed by atoms with Gasteiger partial charge < -0.3 is 25.8 Å². The first-order valence-electron chi connectivity index (χ1n) is 10.2. The lowest BCUT2D eigenvalue weighted by atomic mass is 9.53. The van der Waals surface area contributed by atoms with Crippen molar-refractivity contribution in [2.75, 3.05) is 24.1 Å². The summed E-state index contributed by atoms with van der Waals surface area (Å²) in [6.07, 6.45) is 6.77. The second kappa shape index (κ2) is 6.66. The summed E-state index contributed by atoms with van der Waals surface area (Å²) in [5.74, 6) is 1.83. The van der Waals surface area contributed by atoms with E-state index in [4.69, 9.17) is 22.1 Å². The van der Waals surface area contributed by atoms with Crippen molar-refractivity contribution >= 4 is 29.2 Å². The van der Waals surface area contributed by atoms with Crippen LogP contribution in [0.4, 0.5) is 16.3 Å². The van der Waals surface area contributed by atoms with Crippen molar-refractivity contribution in [3.05, 3.63) is 17.3 Å². The number of nitrogens with zero attached hydrogens (tertiary/aromatic N) is 2. The Bertz CT molecular complexity index is 775. The highest BCUT2D eigenvalue weighted by Gasteiger charge is 2.56. The number of halogens is 1. The van der Waals surface area contributed by atoms with Crippen LogP contribution in [0.1, 0.15) is 38.5 Å². The van der Waals surface area contributed by atoms with Gasteiger partial charge in [0.15, 0.2) is 0 Å². The fourth-order valence-electron chi connectivity index (χ4n) is 6.13. The molecule has 6 rings (SSSR count). The maximum atomic E-state index is 12.8. The maximum Gasteiger partial charge on any atom is 0.410 e. The lowest BCUT2D eigenvalue weighted by Crippen LogP contribution is -2.58. The number of rotatable bonds is 3. The molecule has 4 N–H and O–H groups in total. The van der Waals surface area contributed by atoms with Crippen LogP contribution in [-0.2, 0) is 4.74 Å². The molecule has 5 fully saturated rings. The van der Waals surface area contributed by atoms with Gasteiger partial charge in [0, 0.05) is 25.3 Å². The average molecular weight is 407 g/mol. The van der Waals surface area contributed by atoms with Gasteiger partial charge >= 0.3 is 6.09 Å². The summed E-state index contributed by atoms with van der Waals surface area (Å²) in [4.78, 5) is 18.8. The number of nitrogen functional groups attached to an aromatic ring is 1. The Morgan fingerprint density at radius 1 is 1.36 bits per heavy atom. The van der Waals surface area contributed by atoms with Crippen LogP contribution in [0.3, 0.4) is 0 Å². The van der Waals surface area contributed by atoms with Crippen LogP contribution in [0.5, 0.6) is 0 Å². The molecule has 7 nitrogen and oxygen atoms in total. The Morgan fingerprint density at radius 3 is 2.79 bits per heavy atom. The second-order valence-electron chi connectivity index (χ2n) is 9.21. The Morgan fingerprint density at radius 2 is 2.11 bits per heavy atom. The second-order valence-corrected chi connectivity index (χ2v) is 9.65. The number of nitrogens with two attached hydrogens (primary N) is 1. The Labute approximate surface area is 169 Å². The minimum Gasteiger partial charge on any atom is -0.446 e. The number of aromatic nitrogens is 1. The molecule has 0 aromatic carbocycles. The van der Waals surface area contributed by atoms with Crippen LogP contribution in [0, 0.1) is 17.8 Å². The number of carbonyl (C=O) groups is 1. The summed E-state index contributed by atoms with van der Waals surface area (Å²) < 4.78 is 5.98. The van der Waals surface area contributed by atoms with Gasteiger partial charge in [0.1, 0.15) is 11.9 Å². The molecule has 1 aromatic heterocycles. The van der Waals surface area contributed by atoms with E-state index in [1.54, 1.807) is 17.2 Å². The van der Waals surface area contributed by atoms with Crippen LogP contribution in [0.15, 0.2) is 12.3 Å². The average Bonchev–Trinajstić information content (AvgIpc) is 3.08. The van der Waals surface area contributed by atoms with Gasteiger partial charge in [-0.3, -0.25) is 0 Å². The summed E-state index contributed by atoms with van der Waals surface area (Å²) in [6, 6.07) is 1.75. The van der Waals surface area contributed by atoms with E-state index in [-0.39, 0.29) is 18.2 Å². The van der Waals surface area contributed by atoms with Crippen LogP contribution < -0.4 is 11.1 Å².